The smallest absolute Gasteiger partial charge is 0.243 e. The molecule has 0 spiro atoms. The van der Waals surface area contributed by atoms with Crippen LogP contribution < -0.4 is 5.32 Å². The molecule has 5 heteroatoms. The molecule has 0 aromatic heterocycles. The molecule has 3 rings (SSSR count). The van der Waals surface area contributed by atoms with Crippen molar-refractivity contribution in [2.75, 3.05) is 6.54 Å². The van der Waals surface area contributed by atoms with Gasteiger partial charge in [-0.2, -0.15) is 0 Å². The number of rotatable bonds is 10. The van der Waals surface area contributed by atoms with E-state index in [1.54, 1.807) is 17.0 Å². The van der Waals surface area contributed by atoms with Gasteiger partial charge in [0, 0.05) is 19.5 Å². The van der Waals surface area contributed by atoms with Gasteiger partial charge in [0.05, 0.1) is 6.42 Å². The standard InChI is InChI=1S/C29H33FN2O2/c1-21(2)19-31-29(34)27(17-23-7-5-4-6-8-23)32(20-25-11-9-22(3)10-12-25)28(33)18-24-13-15-26(30)16-14-24/h4-16,21,27H,17-20H2,1-3H3,(H,31,34)/t27-/m1/s1. The van der Waals surface area contributed by atoms with Gasteiger partial charge in [-0.05, 0) is 41.7 Å². The summed E-state index contributed by atoms with van der Waals surface area (Å²) in [5, 5.41) is 3.02. The van der Waals surface area contributed by atoms with Crippen molar-refractivity contribution < 1.29 is 14.0 Å². The highest BCUT2D eigenvalue weighted by Crippen LogP contribution is 2.17. The highest BCUT2D eigenvalue weighted by atomic mass is 19.1. The molecule has 0 bridgehead atoms. The van der Waals surface area contributed by atoms with E-state index in [0.29, 0.717) is 31.0 Å². The number of nitrogens with zero attached hydrogens (tertiary/aromatic N) is 1. The molecule has 2 amide bonds. The Balaban J connectivity index is 1.93. The summed E-state index contributed by atoms with van der Waals surface area (Å²) in [5.41, 5.74) is 3.77. The largest absolute Gasteiger partial charge is 0.354 e. The summed E-state index contributed by atoms with van der Waals surface area (Å²) in [5.74, 6) is -0.394. The first-order chi connectivity index (χ1) is 16.3. The van der Waals surface area contributed by atoms with Crippen LogP contribution in [0.4, 0.5) is 4.39 Å². The molecular formula is C29H33FN2O2. The predicted octanol–water partition coefficient (Wildman–Crippen LogP) is 5.09. The van der Waals surface area contributed by atoms with Gasteiger partial charge in [0.2, 0.25) is 11.8 Å². The van der Waals surface area contributed by atoms with Crippen LogP contribution in [-0.4, -0.2) is 29.3 Å². The minimum absolute atomic E-state index is 0.0922. The minimum Gasteiger partial charge on any atom is -0.354 e. The van der Waals surface area contributed by atoms with E-state index in [1.807, 2.05) is 75.4 Å². The molecule has 0 radical (unpaired) electrons. The van der Waals surface area contributed by atoms with Crippen LogP contribution in [0.5, 0.6) is 0 Å². The van der Waals surface area contributed by atoms with E-state index in [9.17, 15) is 14.0 Å². The second-order valence-electron chi connectivity index (χ2n) is 9.16. The number of nitrogens with one attached hydrogen (secondary N) is 1. The molecule has 0 fully saturated rings. The van der Waals surface area contributed by atoms with E-state index in [2.05, 4.69) is 5.32 Å². The van der Waals surface area contributed by atoms with Crippen molar-refractivity contribution in [2.24, 2.45) is 5.92 Å². The van der Waals surface area contributed by atoms with Crippen LogP contribution in [0.1, 0.15) is 36.1 Å². The van der Waals surface area contributed by atoms with E-state index < -0.39 is 6.04 Å². The highest BCUT2D eigenvalue weighted by Gasteiger charge is 2.30. The first-order valence-electron chi connectivity index (χ1n) is 11.7. The number of benzene rings is 3. The molecule has 0 saturated carbocycles. The number of carbonyl (C=O) groups excluding carboxylic acids is 2. The summed E-state index contributed by atoms with van der Waals surface area (Å²) in [6.07, 6.45) is 0.501. The number of aryl methyl sites for hydroxylation is 1. The Morgan fingerprint density at radius 2 is 1.47 bits per heavy atom. The second kappa shape index (κ2) is 12.1. The average molecular weight is 461 g/mol. The molecule has 3 aromatic rings. The van der Waals surface area contributed by atoms with Crippen LogP contribution in [-0.2, 0) is 29.0 Å². The molecule has 1 N–H and O–H groups in total. The number of hydrogen-bond donors (Lipinski definition) is 1. The third-order valence-electron chi connectivity index (χ3n) is 5.70. The Hall–Kier alpha value is -3.47. The molecule has 0 heterocycles. The van der Waals surface area contributed by atoms with Crippen molar-refractivity contribution in [3.8, 4) is 0 Å². The zero-order valence-electron chi connectivity index (χ0n) is 20.1. The summed E-state index contributed by atoms with van der Waals surface area (Å²) in [6.45, 7) is 6.94. The molecule has 0 aliphatic heterocycles. The van der Waals surface area contributed by atoms with Crippen molar-refractivity contribution >= 4 is 11.8 Å². The number of halogens is 1. The van der Waals surface area contributed by atoms with E-state index in [4.69, 9.17) is 0 Å². The maximum atomic E-state index is 13.6. The lowest BCUT2D eigenvalue weighted by Crippen LogP contribution is -2.51. The molecule has 4 nitrogen and oxygen atoms in total. The average Bonchev–Trinajstić information content (AvgIpc) is 2.83. The molecule has 1 atom stereocenters. The lowest BCUT2D eigenvalue weighted by molar-refractivity contribution is -0.140. The third-order valence-corrected chi connectivity index (χ3v) is 5.70. The van der Waals surface area contributed by atoms with Crippen molar-refractivity contribution in [2.45, 2.75) is 46.2 Å². The van der Waals surface area contributed by atoms with Crippen molar-refractivity contribution in [3.05, 3.63) is 107 Å². The fraction of sp³-hybridized carbons (Fsp3) is 0.310. The Labute approximate surface area is 201 Å². The molecule has 178 valence electrons. The zero-order valence-corrected chi connectivity index (χ0v) is 20.1. The molecule has 0 saturated heterocycles. The van der Waals surface area contributed by atoms with Crippen LogP contribution in [0.3, 0.4) is 0 Å². The van der Waals surface area contributed by atoms with Gasteiger partial charge in [-0.1, -0.05) is 86.1 Å². The van der Waals surface area contributed by atoms with Gasteiger partial charge in [-0.15, -0.1) is 0 Å². The highest BCUT2D eigenvalue weighted by molar-refractivity contribution is 5.88. The van der Waals surface area contributed by atoms with Gasteiger partial charge in [0.15, 0.2) is 0 Å². The summed E-state index contributed by atoms with van der Waals surface area (Å²) in [4.78, 5) is 28.6. The maximum absolute atomic E-state index is 13.6. The van der Waals surface area contributed by atoms with E-state index >= 15 is 0 Å². The van der Waals surface area contributed by atoms with Crippen molar-refractivity contribution in [3.63, 3.8) is 0 Å². The molecule has 0 aliphatic rings. The SMILES string of the molecule is Cc1ccc(CN(C(=O)Cc2ccc(F)cc2)[C@H](Cc2ccccc2)C(=O)NCC(C)C)cc1. The Bertz CT molecular complexity index is 1060. The fourth-order valence-electron chi connectivity index (χ4n) is 3.75. The van der Waals surface area contributed by atoms with Crippen molar-refractivity contribution in [1.82, 2.24) is 10.2 Å². The molecule has 0 unspecified atom stereocenters. The van der Waals surface area contributed by atoms with E-state index in [0.717, 1.165) is 16.7 Å². The molecule has 34 heavy (non-hydrogen) atoms. The lowest BCUT2D eigenvalue weighted by Gasteiger charge is -2.32. The van der Waals surface area contributed by atoms with E-state index in [1.165, 1.54) is 12.1 Å². The van der Waals surface area contributed by atoms with Gasteiger partial charge in [-0.25, -0.2) is 4.39 Å². The minimum atomic E-state index is -0.671. The summed E-state index contributed by atoms with van der Waals surface area (Å²) in [7, 11) is 0. The first kappa shape index (κ1) is 25.2. The van der Waals surface area contributed by atoms with Crippen molar-refractivity contribution in [1.29, 1.82) is 0 Å². The van der Waals surface area contributed by atoms with Gasteiger partial charge < -0.3 is 10.2 Å². The first-order valence-corrected chi connectivity index (χ1v) is 11.7. The quantitative estimate of drug-likeness (QED) is 0.458. The Kier molecular flexibility index (Phi) is 8.97. The van der Waals surface area contributed by atoms with Gasteiger partial charge in [-0.3, -0.25) is 9.59 Å². The summed E-state index contributed by atoms with van der Waals surface area (Å²) in [6, 6.07) is 23.0. The number of carbonyl (C=O) groups is 2. The molecule has 3 aromatic carbocycles. The molecule has 0 aliphatic carbocycles. The fourth-order valence-corrected chi connectivity index (χ4v) is 3.75. The van der Waals surface area contributed by atoms with E-state index in [-0.39, 0.29) is 24.1 Å². The summed E-state index contributed by atoms with van der Waals surface area (Å²) >= 11 is 0. The Morgan fingerprint density at radius 1 is 0.853 bits per heavy atom. The predicted molar refractivity (Wildman–Crippen MR) is 134 cm³/mol. The van der Waals surface area contributed by atoms with Crippen LogP contribution >= 0.6 is 0 Å². The third kappa shape index (κ3) is 7.55. The van der Waals surface area contributed by atoms with Crippen LogP contribution in [0, 0.1) is 18.7 Å². The molecular weight excluding hydrogens is 427 g/mol. The number of hydrogen-bond acceptors (Lipinski definition) is 2. The second-order valence-corrected chi connectivity index (χ2v) is 9.16. The van der Waals surface area contributed by atoms with Crippen LogP contribution in [0.25, 0.3) is 0 Å². The van der Waals surface area contributed by atoms with Crippen LogP contribution in [0.2, 0.25) is 0 Å². The normalized spacial score (nSPS) is 11.8. The topological polar surface area (TPSA) is 49.4 Å². The maximum Gasteiger partial charge on any atom is 0.243 e. The van der Waals surface area contributed by atoms with Gasteiger partial charge >= 0.3 is 0 Å². The van der Waals surface area contributed by atoms with Gasteiger partial charge in [0.1, 0.15) is 11.9 Å². The lowest BCUT2D eigenvalue weighted by atomic mass is 10.0. The number of amides is 2. The van der Waals surface area contributed by atoms with Crippen LogP contribution in [0.15, 0.2) is 78.9 Å². The zero-order chi connectivity index (χ0) is 24.5. The van der Waals surface area contributed by atoms with Gasteiger partial charge in [0.25, 0.3) is 0 Å². The summed E-state index contributed by atoms with van der Waals surface area (Å²) < 4.78 is 13.4. The monoisotopic (exact) mass is 460 g/mol. The Morgan fingerprint density at radius 3 is 2.09 bits per heavy atom.